The Bertz CT molecular complexity index is 888. The van der Waals surface area contributed by atoms with E-state index >= 15 is 0 Å². The van der Waals surface area contributed by atoms with Crippen molar-refractivity contribution in [1.82, 2.24) is 10.2 Å². The first-order valence-electron chi connectivity index (χ1n) is 10.3. The maximum atomic E-state index is 12.4. The molecule has 2 aromatic rings. The summed E-state index contributed by atoms with van der Waals surface area (Å²) in [6.07, 6.45) is 0.272. The molecule has 7 heteroatoms. The molecule has 30 heavy (non-hydrogen) atoms. The summed E-state index contributed by atoms with van der Waals surface area (Å²) in [4.78, 5) is 14.6. The molecule has 0 fully saturated rings. The fraction of sp³-hybridized carbons (Fsp3) is 0.435. The van der Waals surface area contributed by atoms with Crippen LogP contribution < -0.4 is 24.3 Å². The van der Waals surface area contributed by atoms with Crippen molar-refractivity contribution in [3.05, 3.63) is 48.0 Å². The zero-order valence-corrected chi connectivity index (χ0v) is 17.4. The van der Waals surface area contributed by atoms with Gasteiger partial charge in [-0.25, -0.2) is 0 Å². The summed E-state index contributed by atoms with van der Waals surface area (Å²) in [6.45, 7) is 5.07. The van der Waals surface area contributed by atoms with Crippen LogP contribution in [-0.4, -0.2) is 56.4 Å². The molecule has 0 saturated heterocycles. The number of ether oxygens (including phenoxy) is 4. The number of nitrogens with zero attached hydrogens (tertiary/aromatic N) is 1. The zero-order valence-electron chi connectivity index (χ0n) is 17.4. The minimum Gasteiger partial charge on any atom is -0.497 e. The van der Waals surface area contributed by atoms with Gasteiger partial charge in [-0.1, -0.05) is 18.2 Å². The van der Waals surface area contributed by atoms with Gasteiger partial charge in [0.25, 0.3) is 0 Å². The lowest BCUT2D eigenvalue weighted by molar-refractivity contribution is -0.122. The monoisotopic (exact) mass is 412 g/mol. The molecule has 0 saturated carbocycles. The Labute approximate surface area is 176 Å². The van der Waals surface area contributed by atoms with E-state index in [9.17, 15) is 4.79 Å². The van der Waals surface area contributed by atoms with Crippen molar-refractivity contribution in [3.63, 3.8) is 0 Å². The Morgan fingerprint density at radius 2 is 2.00 bits per heavy atom. The fourth-order valence-corrected chi connectivity index (χ4v) is 3.73. The van der Waals surface area contributed by atoms with Gasteiger partial charge in [0.05, 0.1) is 13.7 Å². The minimum atomic E-state index is -0.183. The van der Waals surface area contributed by atoms with E-state index in [1.807, 2.05) is 49.4 Å². The second-order valence-corrected chi connectivity index (χ2v) is 7.69. The normalized spacial score (nSPS) is 20.5. The van der Waals surface area contributed by atoms with Crippen LogP contribution in [0.3, 0.4) is 0 Å². The predicted octanol–water partition coefficient (Wildman–Crippen LogP) is 2.62. The lowest BCUT2D eigenvalue weighted by Crippen LogP contribution is -2.41. The van der Waals surface area contributed by atoms with Gasteiger partial charge in [-0.05, 0) is 25.1 Å². The van der Waals surface area contributed by atoms with Crippen LogP contribution in [0, 0.1) is 0 Å². The maximum absolute atomic E-state index is 12.4. The van der Waals surface area contributed by atoms with Crippen LogP contribution in [0.2, 0.25) is 0 Å². The number of carbonyl (C=O) groups excluding carboxylic acids is 1. The van der Waals surface area contributed by atoms with Gasteiger partial charge in [0.15, 0.2) is 11.5 Å². The average molecular weight is 412 g/mol. The van der Waals surface area contributed by atoms with Crippen LogP contribution >= 0.6 is 0 Å². The largest absolute Gasteiger partial charge is 0.497 e. The van der Waals surface area contributed by atoms with E-state index in [-0.39, 0.29) is 18.1 Å². The number of amides is 1. The standard InChI is InChI=1S/C23H28N2O5/c1-16-13-25(14-17-7-8-18(27-2)11-22(17)29-16)10-9-23(26)24-12-19-15-28-20-5-3-4-6-21(20)30-19/h3-8,11,16,19H,9-10,12-15H2,1-2H3,(H,24,26). The molecule has 2 heterocycles. The topological polar surface area (TPSA) is 69.3 Å². The summed E-state index contributed by atoms with van der Waals surface area (Å²) in [5.41, 5.74) is 1.10. The minimum absolute atomic E-state index is 0.00484. The summed E-state index contributed by atoms with van der Waals surface area (Å²) in [6, 6.07) is 13.5. The van der Waals surface area contributed by atoms with E-state index in [1.165, 1.54) is 0 Å². The van der Waals surface area contributed by atoms with E-state index in [4.69, 9.17) is 18.9 Å². The van der Waals surface area contributed by atoms with Gasteiger partial charge in [-0.2, -0.15) is 0 Å². The first kappa shape index (κ1) is 20.3. The van der Waals surface area contributed by atoms with Gasteiger partial charge >= 0.3 is 0 Å². The average Bonchev–Trinajstić information content (AvgIpc) is 2.92. The van der Waals surface area contributed by atoms with Crippen LogP contribution in [0.5, 0.6) is 23.0 Å². The van der Waals surface area contributed by atoms with Crippen molar-refractivity contribution in [1.29, 1.82) is 0 Å². The second kappa shape index (κ2) is 9.26. The Morgan fingerprint density at radius 1 is 1.17 bits per heavy atom. The van der Waals surface area contributed by atoms with E-state index in [0.717, 1.165) is 41.7 Å². The molecule has 0 aromatic heterocycles. The second-order valence-electron chi connectivity index (χ2n) is 7.69. The predicted molar refractivity (Wildman–Crippen MR) is 112 cm³/mol. The molecule has 2 aliphatic heterocycles. The highest BCUT2D eigenvalue weighted by Gasteiger charge is 2.23. The van der Waals surface area contributed by atoms with E-state index in [0.29, 0.717) is 26.1 Å². The Kier molecular flexibility index (Phi) is 6.28. The molecule has 160 valence electrons. The molecule has 2 aliphatic rings. The van der Waals surface area contributed by atoms with E-state index in [1.54, 1.807) is 7.11 Å². The molecule has 0 spiro atoms. The van der Waals surface area contributed by atoms with Crippen LogP contribution in [-0.2, 0) is 11.3 Å². The lowest BCUT2D eigenvalue weighted by Gasteiger charge is -2.26. The third-order valence-electron chi connectivity index (χ3n) is 5.26. The number of para-hydroxylation sites is 2. The highest BCUT2D eigenvalue weighted by atomic mass is 16.6. The van der Waals surface area contributed by atoms with E-state index in [2.05, 4.69) is 10.2 Å². The number of fused-ring (bicyclic) bond motifs is 2. The third-order valence-corrected chi connectivity index (χ3v) is 5.26. The van der Waals surface area contributed by atoms with Crippen molar-refractivity contribution in [3.8, 4) is 23.0 Å². The van der Waals surface area contributed by atoms with Crippen molar-refractivity contribution < 1.29 is 23.7 Å². The number of hydrogen-bond donors (Lipinski definition) is 1. The summed E-state index contributed by atoms with van der Waals surface area (Å²) in [5, 5.41) is 2.97. The number of benzene rings is 2. The third kappa shape index (κ3) is 4.97. The number of nitrogens with one attached hydrogen (secondary N) is 1. The van der Waals surface area contributed by atoms with Crippen LogP contribution in [0.4, 0.5) is 0 Å². The van der Waals surface area contributed by atoms with Gasteiger partial charge in [-0.15, -0.1) is 0 Å². The molecule has 0 bridgehead atoms. The molecule has 2 unspecified atom stereocenters. The Hall–Kier alpha value is -2.93. The number of rotatable bonds is 6. The van der Waals surface area contributed by atoms with Gasteiger partial charge < -0.3 is 24.3 Å². The quantitative estimate of drug-likeness (QED) is 0.787. The number of hydrogen-bond acceptors (Lipinski definition) is 6. The smallest absolute Gasteiger partial charge is 0.221 e. The number of methoxy groups -OCH3 is 1. The lowest BCUT2D eigenvalue weighted by atomic mass is 10.1. The van der Waals surface area contributed by atoms with Crippen molar-refractivity contribution in [2.75, 3.05) is 33.4 Å². The van der Waals surface area contributed by atoms with Gasteiger partial charge in [0.2, 0.25) is 5.91 Å². The fourth-order valence-electron chi connectivity index (χ4n) is 3.73. The highest BCUT2D eigenvalue weighted by Crippen LogP contribution is 2.31. The molecule has 1 N–H and O–H groups in total. The SMILES string of the molecule is COc1ccc2c(c1)OC(C)CN(CCC(=O)NCC1COc3ccccc3O1)C2. The van der Waals surface area contributed by atoms with Gasteiger partial charge in [0, 0.05) is 37.7 Å². The molecule has 7 nitrogen and oxygen atoms in total. The summed E-state index contributed by atoms with van der Waals surface area (Å²) < 4.78 is 22.9. The van der Waals surface area contributed by atoms with Crippen LogP contribution in [0.1, 0.15) is 18.9 Å². The Balaban J connectivity index is 1.25. The molecule has 0 radical (unpaired) electrons. The summed E-state index contributed by atoms with van der Waals surface area (Å²) >= 11 is 0. The summed E-state index contributed by atoms with van der Waals surface area (Å²) in [5.74, 6) is 3.10. The molecular formula is C23H28N2O5. The highest BCUT2D eigenvalue weighted by molar-refractivity contribution is 5.76. The molecular weight excluding hydrogens is 384 g/mol. The van der Waals surface area contributed by atoms with Crippen molar-refractivity contribution in [2.24, 2.45) is 0 Å². The zero-order chi connectivity index (χ0) is 20.9. The first-order chi connectivity index (χ1) is 14.6. The molecule has 0 aliphatic carbocycles. The van der Waals surface area contributed by atoms with Crippen molar-refractivity contribution in [2.45, 2.75) is 32.1 Å². The van der Waals surface area contributed by atoms with E-state index < -0.39 is 0 Å². The maximum Gasteiger partial charge on any atom is 0.221 e. The first-order valence-corrected chi connectivity index (χ1v) is 10.3. The molecule has 1 amide bonds. The Morgan fingerprint density at radius 3 is 2.83 bits per heavy atom. The van der Waals surface area contributed by atoms with Gasteiger partial charge in [-0.3, -0.25) is 9.69 Å². The van der Waals surface area contributed by atoms with Crippen LogP contribution in [0.15, 0.2) is 42.5 Å². The van der Waals surface area contributed by atoms with Crippen molar-refractivity contribution >= 4 is 5.91 Å². The van der Waals surface area contributed by atoms with Gasteiger partial charge in [0.1, 0.15) is 30.3 Å². The molecule has 4 rings (SSSR count). The molecule has 2 atom stereocenters. The van der Waals surface area contributed by atoms with Crippen LogP contribution in [0.25, 0.3) is 0 Å². The summed E-state index contributed by atoms with van der Waals surface area (Å²) in [7, 11) is 1.65. The number of carbonyl (C=O) groups is 1. The molecule has 2 aromatic carbocycles.